The minimum atomic E-state index is -0.435. The highest BCUT2D eigenvalue weighted by Crippen LogP contribution is 2.33. The Hall–Kier alpha value is -3.30. The number of fused-ring (bicyclic) bond motifs is 3. The molecule has 2 unspecified atom stereocenters. The van der Waals surface area contributed by atoms with Crippen LogP contribution in [0, 0.1) is 12.8 Å². The van der Waals surface area contributed by atoms with Gasteiger partial charge in [-0.15, -0.1) is 0 Å². The minimum absolute atomic E-state index is 0.0409. The highest BCUT2D eigenvalue weighted by atomic mass is 16.3. The molecule has 166 valence electrons. The number of aryl methyl sites for hydroxylation is 1. The Morgan fingerprint density at radius 3 is 2.71 bits per heavy atom. The summed E-state index contributed by atoms with van der Waals surface area (Å²) in [4.78, 5) is 46.1. The lowest BCUT2D eigenvalue weighted by Crippen LogP contribution is -2.42. The van der Waals surface area contributed by atoms with Crippen molar-refractivity contribution in [1.82, 2.24) is 30.0 Å². The van der Waals surface area contributed by atoms with Crippen molar-refractivity contribution in [1.29, 1.82) is 0 Å². The maximum absolute atomic E-state index is 13.1. The van der Waals surface area contributed by atoms with E-state index in [9.17, 15) is 14.4 Å². The molecular weight excluding hydrogens is 400 g/mol. The summed E-state index contributed by atoms with van der Waals surface area (Å²) in [5.74, 6) is 0.765. The lowest BCUT2D eigenvalue weighted by atomic mass is 10.0. The summed E-state index contributed by atoms with van der Waals surface area (Å²) in [6.07, 6.45) is 1.54. The largest absolute Gasteiger partial charge is 0.465 e. The molecule has 4 amide bonds. The van der Waals surface area contributed by atoms with Gasteiger partial charge in [0.1, 0.15) is 17.2 Å². The van der Waals surface area contributed by atoms with Gasteiger partial charge in [-0.25, -0.2) is 9.78 Å². The third-order valence-electron chi connectivity index (χ3n) is 5.75. The highest BCUT2D eigenvalue weighted by molar-refractivity contribution is 6.05. The predicted molar refractivity (Wildman–Crippen MR) is 112 cm³/mol. The quantitative estimate of drug-likeness (QED) is 0.764. The van der Waals surface area contributed by atoms with Crippen molar-refractivity contribution in [2.75, 3.05) is 26.7 Å². The second-order valence-electron chi connectivity index (χ2n) is 8.57. The van der Waals surface area contributed by atoms with Crippen LogP contribution in [0.4, 0.5) is 4.79 Å². The first-order chi connectivity index (χ1) is 14.7. The van der Waals surface area contributed by atoms with Gasteiger partial charge in [0.05, 0.1) is 18.9 Å². The van der Waals surface area contributed by atoms with Crippen LogP contribution in [0.25, 0.3) is 0 Å². The van der Waals surface area contributed by atoms with Crippen molar-refractivity contribution < 1.29 is 18.8 Å². The first kappa shape index (κ1) is 21.0. The fourth-order valence-electron chi connectivity index (χ4n) is 4.29. The average molecular weight is 428 g/mol. The summed E-state index contributed by atoms with van der Waals surface area (Å²) < 4.78 is 7.25. The van der Waals surface area contributed by atoms with Crippen LogP contribution in [0.5, 0.6) is 0 Å². The topological polar surface area (TPSA) is 113 Å². The molecule has 0 aliphatic carbocycles. The van der Waals surface area contributed by atoms with E-state index in [2.05, 4.69) is 15.6 Å². The summed E-state index contributed by atoms with van der Waals surface area (Å²) in [6.45, 7) is 7.38. The Morgan fingerprint density at radius 1 is 1.26 bits per heavy atom. The number of aromatic nitrogens is 2. The fraction of sp³-hybridized carbons (Fsp3) is 0.524. The number of hydrogen-bond donors (Lipinski definition) is 2. The molecule has 2 aromatic rings. The van der Waals surface area contributed by atoms with E-state index < -0.39 is 5.91 Å². The molecule has 0 spiro atoms. The van der Waals surface area contributed by atoms with Crippen molar-refractivity contribution in [3.63, 3.8) is 0 Å². The van der Waals surface area contributed by atoms with Crippen molar-refractivity contribution in [3.8, 4) is 0 Å². The fourth-order valence-corrected chi connectivity index (χ4v) is 4.29. The van der Waals surface area contributed by atoms with E-state index in [0.29, 0.717) is 25.4 Å². The molecule has 1 saturated heterocycles. The summed E-state index contributed by atoms with van der Waals surface area (Å²) in [5, 5.41) is 5.70. The molecule has 4 rings (SSSR count). The third-order valence-corrected chi connectivity index (χ3v) is 5.75. The van der Waals surface area contributed by atoms with Gasteiger partial charge in [0, 0.05) is 38.6 Å². The Bertz CT molecular complexity index is 1010. The monoisotopic (exact) mass is 428 g/mol. The summed E-state index contributed by atoms with van der Waals surface area (Å²) in [7, 11) is 1.71. The number of amides is 4. The van der Waals surface area contributed by atoms with Crippen LogP contribution in [0.2, 0.25) is 0 Å². The maximum atomic E-state index is 13.1. The van der Waals surface area contributed by atoms with E-state index >= 15 is 0 Å². The predicted octanol–water partition coefficient (Wildman–Crippen LogP) is 1.39. The van der Waals surface area contributed by atoms with Crippen LogP contribution in [0.15, 0.2) is 22.9 Å². The van der Waals surface area contributed by atoms with Crippen LogP contribution in [-0.4, -0.2) is 69.9 Å². The molecule has 0 radical (unpaired) electrons. The third kappa shape index (κ3) is 4.01. The second kappa shape index (κ2) is 8.09. The van der Waals surface area contributed by atoms with E-state index in [1.54, 1.807) is 33.8 Å². The van der Waals surface area contributed by atoms with E-state index in [1.165, 1.54) is 0 Å². The number of hydrogen-bond acceptors (Lipinski definition) is 5. The highest BCUT2D eigenvalue weighted by Gasteiger charge is 2.43. The lowest BCUT2D eigenvalue weighted by molar-refractivity contribution is 0.0773. The molecule has 0 bridgehead atoms. The first-order valence-electron chi connectivity index (χ1n) is 10.5. The zero-order valence-corrected chi connectivity index (χ0v) is 18.2. The number of furan rings is 1. The molecule has 10 nitrogen and oxygen atoms in total. The maximum Gasteiger partial charge on any atom is 0.317 e. The van der Waals surface area contributed by atoms with Crippen LogP contribution in [0.1, 0.15) is 52.4 Å². The van der Waals surface area contributed by atoms with Gasteiger partial charge in [0.15, 0.2) is 5.69 Å². The van der Waals surface area contributed by atoms with Crippen molar-refractivity contribution in [2.45, 2.75) is 39.4 Å². The van der Waals surface area contributed by atoms with Crippen LogP contribution >= 0.6 is 0 Å². The molecule has 2 aliphatic rings. The van der Waals surface area contributed by atoms with Crippen molar-refractivity contribution >= 4 is 17.8 Å². The first-order valence-corrected chi connectivity index (χ1v) is 10.5. The Kier molecular flexibility index (Phi) is 5.47. The molecule has 10 heteroatoms. The van der Waals surface area contributed by atoms with Gasteiger partial charge in [-0.2, -0.15) is 0 Å². The minimum Gasteiger partial charge on any atom is -0.465 e. The molecule has 2 aromatic heterocycles. The Balaban J connectivity index is 1.57. The molecule has 0 saturated carbocycles. The number of nitrogens with one attached hydrogen (secondary N) is 2. The van der Waals surface area contributed by atoms with Crippen molar-refractivity contribution in [3.05, 3.63) is 41.4 Å². The SMILES string of the molecule is Cc1ccc(CNC(=O)c2ncn3c2C(=O)N(C)CC2CN(C(=O)NC(C)C)CC23)o1. The summed E-state index contributed by atoms with van der Waals surface area (Å²) >= 11 is 0. The van der Waals surface area contributed by atoms with Gasteiger partial charge in [-0.3, -0.25) is 9.59 Å². The lowest BCUT2D eigenvalue weighted by Gasteiger charge is -2.21. The smallest absolute Gasteiger partial charge is 0.317 e. The standard InChI is InChI=1S/C21H28N6O4/c1-12(2)24-21(30)26-9-14-8-25(4)20(29)18-17(23-11-27(18)16(14)10-26)19(28)22-7-15-6-5-13(3)31-15/h5-6,11-12,14,16H,7-10H2,1-4H3,(H,22,28)(H,24,30). The average Bonchev–Trinajstić information content (AvgIpc) is 3.41. The number of carbonyl (C=O) groups is 3. The van der Waals surface area contributed by atoms with Gasteiger partial charge in [0.25, 0.3) is 11.8 Å². The van der Waals surface area contributed by atoms with E-state index in [0.717, 1.165) is 5.76 Å². The number of nitrogens with zero attached hydrogens (tertiary/aromatic N) is 4. The normalized spacial score (nSPS) is 20.5. The zero-order chi connectivity index (χ0) is 22.3. The zero-order valence-electron chi connectivity index (χ0n) is 18.2. The molecule has 1 fully saturated rings. The van der Waals surface area contributed by atoms with Crippen LogP contribution in [-0.2, 0) is 6.54 Å². The van der Waals surface area contributed by atoms with Crippen LogP contribution < -0.4 is 10.6 Å². The number of rotatable bonds is 4. The number of carbonyl (C=O) groups excluding carboxylic acids is 3. The van der Waals surface area contributed by atoms with E-state index in [1.807, 2.05) is 26.8 Å². The Labute approximate surface area is 180 Å². The summed E-state index contributed by atoms with van der Waals surface area (Å²) in [6, 6.07) is 3.42. The molecular formula is C21H28N6O4. The van der Waals surface area contributed by atoms with E-state index in [-0.39, 0.29) is 47.9 Å². The van der Waals surface area contributed by atoms with Gasteiger partial charge in [-0.1, -0.05) is 0 Å². The van der Waals surface area contributed by atoms with Gasteiger partial charge in [0.2, 0.25) is 0 Å². The van der Waals surface area contributed by atoms with Crippen molar-refractivity contribution in [2.24, 2.45) is 5.92 Å². The Morgan fingerprint density at radius 2 is 2.03 bits per heavy atom. The molecule has 2 atom stereocenters. The molecule has 2 N–H and O–H groups in total. The second-order valence-corrected chi connectivity index (χ2v) is 8.57. The van der Waals surface area contributed by atoms with Gasteiger partial charge < -0.3 is 29.4 Å². The van der Waals surface area contributed by atoms with Gasteiger partial charge in [-0.05, 0) is 32.9 Å². The molecule has 4 heterocycles. The van der Waals surface area contributed by atoms with Crippen LogP contribution in [0.3, 0.4) is 0 Å². The number of urea groups is 1. The van der Waals surface area contributed by atoms with E-state index in [4.69, 9.17) is 4.42 Å². The molecule has 0 aromatic carbocycles. The molecule has 31 heavy (non-hydrogen) atoms. The molecule has 2 aliphatic heterocycles. The number of imidazole rings is 1. The number of likely N-dealkylation sites (tertiary alicyclic amines) is 1. The van der Waals surface area contributed by atoms with Gasteiger partial charge >= 0.3 is 6.03 Å². The summed E-state index contributed by atoms with van der Waals surface area (Å²) in [5.41, 5.74) is 0.347.